The van der Waals surface area contributed by atoms with Crippen molar-refractivity contribution < 1.29 is 9.59 Å². The van der Waals surface area contributed by atoms with Gasteiger partial charge in [-0.05, 0) is 37.9 Å². The van der Waals surface area contributed by atoms with E-state index in [1.165, 1.54) is 0 Å². The summed E-state index contributed by atoms with van der Waals surface area (Å²) in [6.45, 7) is 10.1. The van der Waals surface area contributed by atoms with Crippen LogP contribution in [0.3, 0.4) is 0 Å². The highest BCUT2D eigenvalue weighted by Gasteiger charge is 2.24. The number of amides is 2. The number of rotatable bonds is 9. The lowest BCUT2D eigenvalue weighted by atomic mass is 10.0. The minimum atomic E-state index is -0.533. The van der Waals surface area contributed by atoms with E-state index in [4.69, 9.17) is 0 Å². The monoisotopic (exact) mass is 319 g/mol. The molecule has 5 heteroatoms. The zero-order valence-corrected chi connectivity index (χ0v) is 14.6. The zero-order chi connectivity index (χ0) is 17.2. The van der Waals surface area contributed by atoms with Gasteiger partial charge in [0.25, 0.3) is 5.91 Å². The molecular weight excluding hydrogens is 290 g/mol. The van der Waals surface area contributed by atoms with Crippen LogP contribution in [0.2, 0.25) is 0 Å². The van der Waals surface area contributed by atoms with Crippen LogP contribution in [0.5, 0.6) is 0 Å². The lowest BCUT2D eigenvalue weighted by Gasteiger charge is -2.22. The summed E-state index contributed by atoms with van der Waals surface area (Å²) < 4.78 is 0. The topological polar surface area (TPSA) is 70.2 Å². The summed E-state index contributed by atoms with van der Waals surface area (Å²) in [5.41, 5.74) is 1.60. The van der Waals surface area contributed by atoms with Crippen molar-refractivity contribution in [3.05, 3.63) is 35.4 Å². The maximum absolute atomic E-state index is 12.3. The summed E-state index contributed by atoms with van der Waals surface area (Å²) in [5, 5.41) is 8.94. The molecule has 1 unspecified atom stereocenters. The average Bonchev–Trinajstić information content (AvgIpc) is 2.51. The standard InChI is InChI=1S/C18H29N3O2/c1-5-9-19-10-11-20-18(23)16(13(2)3)21-17(22)15-8-6-7-14(4)12-15/h6-8,12-13,16,19H,5,9-11H2,1-4H3,(H,20,23)(H,21,22). The smallest absolute Gasteiger partial charge is 0.251 e. The second-order valence-electron chi connectivity index (χ2n) is 6.11. The number of nitrogens with one attached hydrogen (secondary N) is 3. The van der Waals surface area contributed by atoms with E-state index in [-0.39, 0.29) is 17.7 Å². The lowest BCUT2D eigenvalue weighted by molar-refractivity contribution is -0.123. The first kappa shape index (κ1) is 19.2. The third-order valence-electron chi connectivity index (χ3n) is 3.54. The number of hydrogen-bond acceptors (Lipinski definition) is 3. The summed E-state index contributed by atoms with van der Waals surface area (Å²) in [7, 11) is 0. The molecule has 0 saturated heterocycles. The van der Waals surface area contributed by atoms with Crippen LogP contribution >= 0.6 is 0 Å². The van der Waals surface area contributed by atoms with Crippen molar-refractivity contribution in [3.63, 3.8) is 0 Å². The average molecular weight is 319 g/mol. The van der Waals surface area contributed by atoms with Gasteiger partial charge in [-0.1, -0.05) is 38.5 Å². The second kappa shape index (κ2) is 10.0. The van der Waals surface area contributed by atoms with E-state index >= 15 is 0 Å². The van der Waals surface area contributed by atoms with Crippen molar-refractivity contribution in [1.29, 1.82) is 0 Å². The van der Waals surface area contributed by atoms with Gasteiger partial charge in [0.2, 0.25) is 5.91 Å². The Balaban J connectivity index is 2.57. The predicted molar refractivity (Wildman–Crippen MR) is 93.4 cm³/mol. The van der Waals surface area contributed by atoms with Crippen molar-refractivity contribution in [1.82, 2.24) is 16.0 Å². The molecule has 1 atom stereocenters. The van der Waals surface area contributed by atoms with Crippen molar-refractivity contribution >= 4 is 11.8 Å². The van der Waals surface area contributed by atoms with Gasteiger partial charge >= 0.3 is 0 Å². The lowest BCUT2D eigenvalue weighted by Crippen LogP contribution is -2.50. The van der Waals surface area contributed by atoms with Crippen LogP contribution in [0, 0.1) is 12.8 Å². The van der Waals surface area contributed by atoms with E-state index in [0.717, 1.165) is 25.1 Å². The molecule has 0 aliphatic rings. The Hall–Kier alpha value is -1.88. The van der Waals surface area contributed by atoms with Gasteiger partial charge in [-0.25, -0.2) is 0 Å². The summed E-state index contributed by atoms with van der Waals surface area (Å²) in [4.78, 5) is 24.6. The van der Waals surface area contributed by atoms with E-state index in [2.05, 4.69) is 22.9 Å². The first-order chi connectivity index (χ1) is 11.0. The van der Waals surface area contributed by atoms with Gasteiger partial charge in [0, 0.05) is 18.7 Å². The molecule has 0 heterocycles. The largest absolute Gasteiger partial charge is 0.353 e. The van der Waals surface area contributed by atoms with Crippen LogP contribution < -0.4 is 16.0 Å². The molecule has 0 aromatic heterocycles. The van der Waals surface area contributed by atoms with Gasteiger partial charge in [0.15, 0.2) is 0 Å². The Morgan fingerprint density at radius 2 is 1.87 bits per heavy atom. The molecular formula is C18H29N3O2. The molecule has 128 valence electrons. The Labute approximate surface area is 139 Å². The third kappa shape index (κ3) is 6.82. The van der Waals surface area contributed by atoms with E-state index in [9.17, 15) is 9.59 Å². The highest BCUT2D eigenvalue weighted by Crippen LogP contribution is 2.07. The van der Waals surface area contributed by atoms with E-state index in [1.807, 2.05) is 39.0 Å². The van der Waals surface area contributed by atoms with Crippen molar-refractivity contribution in [2.45, 2.75) is 40.2 Å². The van der Waals surface area contributed by atoms with Crippen LogP contribution in [0.25, 0.3) is 0 Å². The third-order valence-corrected chi connectivity index (χ3v) is 3.54. The molecule has 1 aromatic rings. The fraction of sp³-hybridized carbons (Fsp3) is 0.556. The summed E-state index contributed by atoms with van der Waals surface area (Å²) in [5.74, 6) is -0.335. The molecule has 5 nitrogen and oxygen atoms in total. The van der Waals surface area contributed by atoms with Crippen molar-refractivity contribution in [3.8, 4) is 0 Å². The fourth-order valence-corrected chi connectivity index (χ4v) is 2.23. The van der Waals surface area contributed by atoms with E-state index in [1.54, 1.807) is 6.07 Å². The van der Waals surface area contributed by atoms with Crippen LogP contribution in [0.1, 0.15) is 43.1 Å². The van der Waals surface area contributed by atoms with Crippen LogP contribution in [0.15, 0.2) is 24.3 Å². The van der Waals surface area contributed by atoms with Gasteiger partial charge in [-0.3, -0.25) is 9.59 Å². The normalized spacial score (nSPS) is 12.0. The quantitative estimate of drug-likeness (QED) is 0.609. The maximum Gasteiger partial charge on any atom is 0.251 e. The van der Waals surface area contributed by atoms with Crippen LogP contribution in [-0.4, -0.2) is 37.5 Å². The molecule has 0 bridgehead atoms. The van der Waals surface area contributed by atoms with Gasteiger partial charge in [-0.15, -0.1) is 0 Å². The fourth-order valence-electron chi connectivity index (χ4n) is 2.23. The Morgan fingerprint density at radius 3 is 2.48 bits per heavy atom. The summed E-state index contributed by atoms with van der Waals surface area (Å²) >= 11 is 0. The number of hydrogen-bond donors (Lipinski definition) is 3. The first-order valence-electron chi connectivity index (χ1n) is 8.31. The molecule has 0 aliphatic heterocycles. The Kier molecular flexibility index (Phi) is 8.33. The minimum Gasteiger partial charge on any atom is -0.353 e. The van der Waals surface area contributed by atoms with Gasteiger partial charge in [-0.2, -0.15) is 0 Å². The van der Waals surface area contributed by atoms with Gasteiger partial charge < -0.3 is 16.0 Å². The second-order valence-corrected chi connectivity index (χ2v) is 6.11. The van der Waals surface area contributed by atoms with Crippen LogP contribution in [-0.2, 0) is 4.79 Å². The molecule has 0 radical (unpaired) electrons. The molecule has 3 N–H and O–H groups in total. The molecule has 0 aliphatic carbocycles. The zero-order valence-electron chi connectivity index (χ0n) is 14.6. The van der Waals surface area contributed by atoms with Crippen LogP contribution in [0.4, 0.5) is 0 Å². The van der Waals surface area contributed by atoms with Gasteiger partial charge in [0.1, 0.15) is 6.04 Å². The minimum absolute atomic E-state index is 0.0207. The predicted octanol–water partition coefficient (Wildman–Crippen LogP) is 1.87. The highest BCUT2D eigenvalue weighted by molar-refractivity contribution is 5.97. The molecule has 0 fully saturated rings. The molecule has 2 amide bonds. The van der Waals surface area contributed by atoms with E-state index < -0.39 is 6.04 Å². The molecule has 0 spiro atoms. The summed E-state index contributed by atoms with van der Waals surface area (Å²) in [6, 6.07) is 6.82. The SMILES string of the molecule is CCCNCCNC(=O)C(NC(=O)c1cccc(C)c1)C(C)C. The number of carbonyl (C=O) groups excluding carboxylic acids is 2. The van der Waals surface area contributed by atoms with Crippen molar-refractivity contribution in [2.75, 3.05) is 19.6 Å². The molecule has 0 saturated carbocycles. The Bertz CT molecular complexity index is 515. The first-order valence-corrected chi connectivity index (χ1v) is 8.31. The molecule has 1 rings (SSSR count). The number of aryl methyl sites for hydroxylation is 1. The maximum atomic E-state index is 12.3. The van der Waals surface area contributed by atoms with E-state index in [0.29, 0.717) is 12.1 Å². The summed E-state index contributed by atoms with van der Waals surface area (Å²) in [6.07, 6.45) is 1.06. The van der Waals surface area contributed by atoms with Crippen molar-refractivity contribution in [2.24, 2.45) is 5.92 Å². The molecule has 23 heavy (non-hydrogen) atoms. The highest BCUT2D eigenvalue weighted by atomic mass is 16.2. The molecule has 1 aromatic carbocycles. The number of benzene rings is 1. The Morgan fingerprint density at radius 1 is 1.13 bits per heavy atom. The number of carbonyl (C=O) groups is 2. The van der Waals surface area contributed by atoms with Gasteiger partial charge in [0.05, 0.1) is 0 Å².